The van der Waals surface area contributed by atoms with E-state index in [4.69, 9.17) is 0 Å². The standard InChI is InChI=1S/C25H26F2N6O3S/c26-25(27)36-19-5-3-18(4-6-19)31-23(35)20-2-1-8-30-24(20)37-16-17-7-9-29-21(14-17)32-22(34)15-33-12-10-28-11-13-33/h1-9,14,25,28H,10-13,15-16H2,(H,31,35)(H,29,32,34). The van der Waals surface area contributed by atoms with Gasteiger partial charge in [-0.15, -0.1) is 11.8 Å². The molecular weight excluding hydrogens is 502 g/mol. The highest BCUT2D eigenvalue weighted by molar-refractivity contribution is 7.98. The summed E-state index contributed by atoms with van der Waals surface area (Å²) in [6.45, 7) is 0.797. The number of alkyl halides is 2. The molecule has 0 bridgehead atoms. The second kappa shape index (κ2) is 13.1. The van der Waals surface area contributed by atoms with Crippen LogP contribution in [0.15, 0.2) is 66.0 Å². The molecular formula is C25H26F2N6O3S. The summed E-state index contributed by atoms with van der Waals surface area (Å²) >= 11 is 1.37. The number of hydrogen-bond acceptors (Lipinski definition) is 8. The van der Waals surface area contributed by atoms with Crippen LogP contribution in [0, 0.1) is 0 Å². The van der Waals surface area contributed by atoms with Crippen molar-refractivity contribution in [2.75, 3.05) is 43.4 Å². The van der Waals surface area contributed by atoms with Gasteiger partial charge in [0, 0.05) is 50.0 Å². The largest absolute Gasteiger partial charge is 0.435 e. The van der Waals surface area contributed by atoms with E-state index in [0.29, 0.717) is 34.4 Å². The highest BCUT2D eigenvalue weighted by atomic mass is 32.2. The first-order chi connectivity index (χ1) is 18.0. The van der Waals surface area contributed by atoms with Crippen molar-refractivity contribution < 1.29 is 23.1 Å². The zero-order valence-electron chi connectivity index (χ0n) is 19.8. The van der Waals surface area contributed by atoms with E-state index < -0.39 is 6.61 Å². The number of rotatable bonds is 10. The van der Waals surface area contributed by atoms with Crippen LogP contribution in [0.3, 0.4) is 0 Å². The Hall–Kier alpha value is -3.61. The van der Waals surface area contributed by atoms with Crippen molar-refractivity contribution in [1.29, 1.82) is 0 Å². The van der Waals surface area contributed by atoms with Crippen molar-refractivity contribution in [3.63, 3.8) is 0 Å². The third-order valence-corrected chi connectivity index (χ3v) is 6.47. The zero-order chi connectivity index (χ0) is 26.0. The Labute approximate surface area is 217 Å². The number of hydrogen-bond donors (Lipinski definition) is 3. The lowest BCUT2D eigenvalue weighted by atomic mass is 10.2. The summed E-state index contributed by atoms with van der Waals surface area (Å²) in [5.74, 6) is 0.476. The number of pyridine rings is 2. The van der Waals surface area contributed by atoms with Gasteiger partial charge in [-0.1, -0.05) is 0 Å². The SMILES string of the molecule is O=C(CN1CCNCC1)Nc1cc(CSc2ncccc2C(=O)Nc2ccc(OC(F)F)cc2)ccn1. The fraction of sp³-hybridized carbons (Fsp3) is 0.280. The Morgan fingerprint density at radius 3 is 2.59 bits per heavy atom. The number of ether oxygens (including phenoxy) is 1. The fourth-order valence-corrected chi connectivity index (χ4v) is 4.57. The summed E-state index contributed by atoms with van der Waals surface area (Å²) in [4.78, 5) is 35.9. The highest BCUT2D eigenvalue weighted by Gasteiger charge is 2.16. The maximum Gasteiger partial charge on any atom is 0.387 e. The van der Waals surface area contributed by atoms with E-state index in [9.17, 15) is 18.4 Å². The highest BCUT2D eigenvalue weighted by Crippen LogP contribution is 2.26. The second-order valence-electron chi connectivity index (χ2n) is 8.13. The van der Waals surface area contributed by atoms with Crippen LogP contribution in [0.2, 0.25) is 0 Å². The number of amides is 2. The predicted molar refractivity (Wildman–Crippen MR) is 137 cm³/mol. The molecule has 0 atom stereocenters. The summed E-state index contributed by atoms with van der Waals surface area (Å²) < 4.78 is 29.0. The Balaban J connectivity index is 1.34. The van der Waals surface area contributed by atoms with Crippen LogP contribution >= 0.6 is 11.8 Å². The average molecular weight is 529 g/mol. The van der Waals surface area contributed by atoms with Crippen LogP contribution < -0.4 is 20.7 Å². The Kier molecular flexibility index (Phi) is 9.35. The van der Waals surface area contributed by atoms with Gasteiger partial charge in [0.15, 0.2) is 0 Å². The lowest BCUT2D eigenvalue weighted by molar-refractivity contribution is -0.117. The molecule has 1 aromatic carbocycles. The van der Waals surface area contributed by atoms with Crippen LogP contribution in [-0.2, 0) is 10.5 Å². The van der Waals surface area contributed by atoms with Gasteiger partial charge in [-0.05, 0) is 54.1 Å². The van der Waals surface area contributed by atoms with Crippen molar-refractivity contribution >= 4 is 35.1 Å². The number of piperazine rings is 1. The van der Waals surface area contributed by atoms with E-state index in [-0.39, 0.29) is 17.6 Å². The van der Waals surface area contributed by atoms with Crippen molar-refractivity contribution in [2.24, 2.45) is 0 Å². The molecule has 3 N–H and O–H groups in total. The summed E-state index contributed by atoms with van der Waals surface area (Å²) in [6.07, 6.45) is 3.23. The first-order valence-corrected chi connectivity index (χ1v) is 12.6. The van der Waals surface area contributed by atoms with Gasteiger partial charge < -0.3 is 20.7 Å². The normalized spacial score (nSPS) is 13.8. The van der Waals surface area contributed by atoms with Gasteiger partial charge >= 0.3 is 6.61 Å². The van der Waals surface area contributed by atoms with Crippen molar-refractivity contribution in [1.82, 2.24) is 20.2 Å². The summed E-state index contributed by atoms with van der Waals surface area (Å²) in [5, 5.41) is 9.37. The molecule has 2 amide bonds. The number of aromatic nitrogens is 2. The molecule has 2 aromatic heterocycles. The van der Waals surface area contributed by atoms with Gasteiger partial charge in [0.2, 0.25) is 5.91 Å². The smallest absolute Gasteiger partial charge is 0.387 e. The maximum atomic E-state index is 12.9. The number of thioether (sulfide) groups is 1. The van der Waals surface area contributed by atoms with Crippen LogP contribution in [-0.4, -0.2) is 66.0 Å². The molecule has 3 heterocycles. The summed E-state index contributed by atoms with van der Waals surface area (Å²) in [7, 11) is 0. The van der Waals surface area contributed by atoms with Gasteiger partial charge in [0.05, 0.1) is 12.1 Å². The first kappa shape index (κ1) is 26.5. The minimum atomic E-state index is -2.92. The minimum absolute atomic E-state index is 0.00215. The third kappa shape index (κ3) is 8.20. The van der Waals surface area contributed by atoms with E-state index in [2.05, 4.69) is 35.6 Å². The van der Waals surface area contributed by atoms with Gasteiger partial charge in [0.1, 0.15) is 16.6 Å². The third-order valence-electron chi connectivity index (χ3n) is 5.40. The molecule has 1 aliphatic heterocycles. The molecule has 0 radical (unpaired) electrons. The average Bonchev–Trinajstić information content (AvgIpc) is 2.89. The predicted octanol–water partition coefficient (Wildman–Crippen LogP) is 3.47. The number of halogens is 2. The van der Waals surface area contributed by atoms with Crippen molar-refractivity contribution in [3.05, 3.63) is 72.1 Å². The van der Waals surface area contributed by atoms with E-state index in [0.717, 1.165) is 31.7 Å². The number of benzene rings is 1. The van der Waals surface area contributed by atoms with Crippen LogP contribution in [0.25, 0.3) is 0 Å². The van der Waals surface area contributed by atoms with Crippen molar-refractivity contribution in [2.45, 2.75) is 17.4 Å². The zero-order valence-corrected chi connectivity index (χ0v) is 20.6. The van der Waals surface area contributed by atoms with Gasteiger partial charge in [0.25, 0.3) is 5.91 Å². The molecule has 3 aromatic rings. The topological polar surface area (TPSA) is 108 Å². The summed E-state index contributed by atoms with van der Waals surface area (Å²) in [5.41, 5.74) is 1.71. The second-order valence-corrected chi connectivity index (χ2v) is 9.09. The first-order valence-electron chi connectivity index (χ1n) is 11.6. The lowest BCUT2D eigenvalue weighted by Crippen LogP contribution is -2.46. The van der Waals surface area contributed by atoms with E-state index in [1.165, 1.54) is 36.0 Å². The number of carbonyl (C=O) groups is 2. The van der Waals surface area contributed by atoms with E-state index in [1.807, 2.05) is 6.07 Å². The molecule has 1 fully saturated rings. The molecule has 1 aliphatic rings. The number of nitrogens with one attached hydrogen (secondary N) is 3. The van der Waals surface area contributed by atoms with E-state index in [1.54, 1.807) is 30.6 Å². The maximum absolute atomic E-state index is 12.9. The minimum Gasteiger partial charge on any atom is -0.435 e. The molecule has 9 nitrogen and oxygen atoms in total. The van der Waals surface area contributed by atoms with Crippen molar-refractivity contribution in [3.8, 4) is 5.75 Å². The molecule has 0 aliphatic carbocycles. The van der Waals surface area contributed by atoms with Crippen LogP contribution in [0.1, 0.15) is 15.9 Å². The molecule has 0 saturated carbocycles. The quantitative estimate of drug-likeness (QED) is 0.344. The molecule has 1 saturated heterocycles. The Morgan fingerprint density at radius 1 is 1.05 bits per heavy atom. The molecule has 12 heteroatoms. The van der Waals surface area contributed by atoms with Crippen LogP contribution in [0.5, 0.6) is 5.75 Å². The Morgan fingerprint density at radius 2 is 1.84 bits per heavy atom. The van der Waals surface area contributed by atoms with Crippen LogP contribution in [0.4, 0.5) is 20.3 Å². The molecule has 194 valence electrons. The van der Waals surface area contributed by atoms with Gasteiger partial charge in [-0.25, -0.2) is 9.97 Å². The number of anilines is 2. The lowest BCUT2D eigenvalue weighted by Gasteiger charge is -2.26. The summed E-state index contributed by atoms with van der Waals surface area (Å²) in [6, 6.07) is 12.6. The number of nitrogens with zero attached hydrogens (tertiary/aromatic N) is 3. The molecule has 0 spiro atoms. The Bertz CT molecular complexity index is 1210. The molecule has 37 heavy (non-hydrogen) atoms. The monoisotopic (exact) mass is 528 g/mol. The fourth-order valence-electron chi connectivity index (χ4n) is 3.64. The molecule has 4 rings (SSSR count). The van der Waals surface area contributed by atoms with Gasteiger partial charge in [-0.2, -0.15) is 8.78 Å². The van der Waals surface area contributed by atoms with Gasteiger partial charge in [-0.3, -0.25) is 14.5 Å². The molecule has 0 unspecified atom stereocenters. The number of carbonyl (C=O) groups excluding carboxylic acids is 2. The van der Waals surface area contributed by atoms with E-state index >= 15 is 0 Å².